The summed E-state index contributed by atoms with van der Waals surface area (Å²) < 4.78 is 0. The predicted octanol–water partition coefficient (Wildman–Crippen LogP) is -4.58. The van der Waals surface area contributed by atoms with Crippen LogP contribution in [0.25, 0.3) is 0 Å². The van der Waals surface area contributed by atoms with Crippen molar-refractivity contribution in [3.05, 3.63) is 0 Å². The second kappa shape index (κ2) is 6.35. The van der Waals surface area contributed by atoms with E-state index in [1.165, 1.54) is 0 Å². The Hall–Kier alpha value is -1.16. The second-order valence-electron chi connectivity index (χ2n) is 2.55. The van der Waals surface area contributed by atoms with E-state index in [-0.39, 0.29) is 8.41 Å². The highest BCUT2D eigenvalue weighted by atomic mass is 16.4. The molecule has 0 rings (SSSR count). The van der Waals surface area contributed by atoms with Gasteiger partial charge in [-0.25, -0.2) is 9.59 Å². The molecule has 0 aliphatic heterocycles. The quantitative estimate of drug-likeness (QED) is 0.255. The Bertz CT molecular complexity index is 207. The van der Waals surface area contributed by atoms with Gasteiger partial charge < -0.3 is 30.6 Å². The average Bonchev–Trinajstić information content (AvgIpc) is 2.12. The Morgan fingerprint density at radius 1 is 0.733 bits per heavy atom. The molecule has 0 spiro atoms. The summed E-state index contributed by atoms with van der Waals surface area (Å²) in [5.41, 5.74) is 0. The van der Waals surface area contributed by atoms with Crippen LogP contribution in [0.2, 0.25) is 0 Å². The highest BCUT2D eigenvalue weighted by molar-refractivity contribution is 5.75. The summed E-state index contributed by atoms with van der Waals surface area (Å²) >= 11 is 0. The van der Waals surface area contributed by atoms with E-state index < -0.39 is 36.4 Å². The van der Waals surface area contributed by atoms with E-state index >= 15 is 0 Å². The van der Waals surface area contributed by atoms with E-state index in [1.54, 1.807) is 0 Å². The summed E-state index contributed by atoms with van der Waals surface area (Å²) in [6.07, 6.45) is -9.28. The van der Waals surface area contributed by atoms with Crippen molar-refractivity contribution in [2.45, 2.75) is 24.4 Å². The fraction of sp³-hybridized carbons (Fsp3) is 0.667. The summed E-state index contributed by atoms with van der Waals surface area (Å²) in [6.45, 7) is 0. The summed E-state index contributed by atoms with van der Waals surface area (Å²) in [6, 6.07) is 0. The maximum atomic E-state index is 10.1. The molecule has 6 N–H and O–H groups in total. The zero-order valence-corrected chi connectivity index (χ0v) is 6.81. The molecule has 0 saturated carbocycles. The molecule has 0 aliphatic carbocycles. The Morgan fingerprint density at radius 3 is 1.07 bits per heavy atom. The van der Waals surface area contributed by atoms with Crippen LogP contribution in [0.4, 0.5) is 0 Å². The van der Waals surface area contributed by atoms with Crippen molar-refractivity contribution >= 4 is 20.4 Å². The van der Waals surface area contributed by atoms with Gasteiger partial charge in [0.15, 0.2) is 12.2 Å². The third-order valence-electron chi connectivity index (χ3n) is 1.50. The van der Waals surface area contributed by atoms with E-state index in [0.717, 1.165) is 0 Å². The molecule has 15 heavy (non-hydrogen) atoms. The lowest BCUT2D eigenvalue weighted by Gasteiger charge is -2.21. The first-order valence-corrected chi connectivity index (χ1v) is 3.47. The number of hydrogen-bond donors (Lipinski definition) is 6. The van der Waals surface area contributed by atoms with E-state index in [9.17, 15) is 9.59 Å². The van der Waals surface area contributed by atoms with Gasteiger partial charge in [-0.3, -0.25) is 0 Å². The third kappa shape index (κ3) is 4.25. The van der Waals surface area contributed by atoms with E-state index in [2.05, 4.69) is 0 Å². The maximum Gasteiger partial charge on any atom is 0.335 e. The standard InChI is InChI=1S/C6H10O8.BH3/c7-1(3(9)5(11)12)2(8)4(10)6(13)14;/h1-4,7-10H,(H,11,12)(H,13,14);1H3. The molecule has 8 nitrogen and oxygen atoms in total. The van der Waals surface area contributed by atoms with Gasteiger partial charge in [0.25, 0.3) is 0 Å². The number of carbonyl (C=O) groups is 2. The second-order valence-corrected chi connectivity index (χ2v) is 2.55. The number of rotatable bonds is 5. The zero-order chi connectivity index (χ0) is 11.5. The Labute approximate surface area is 86.0 Å². The van der Waals surface area contributed by atoms with Crippen LogP contribution in [-0.2, 0) is 9.59 Å². The molecule has 4 atom stereocenters. The van der Waals surface area contributed by atoms with Crippen molar-refractivity contribution in [2.24, 2.45) is 0 Å². The summed E-state index contributed by atoms with van der Waals surface area (Å²) in [5, 5.41) is 51.5. The molecule has 0 aromatic rings. The van der Waals surface area contributed by atoms with Gasteiger partial charge in [-0.1, -0.05) is 0 Å². The maximum absolute atomic E-state index is 10.1. The number of carboxylic acids is 2. The Kier molecular flexibility index (Phi) is 6.89. The van der Waals surface area contributed by atoms with Gasteiger partial charge in [-0.05, 0) is 0 Å². The molecule has 0 aromatic carbocycles. The number of aliphatic hydroxyl groups is 4. The van der Waals surface area contributed by atoms with Crippen LogP contribution in [0, 0.1) is 0 Å². The van der Waals surface area contributed by atoms with Crippen molar-refractivity contribution in [1.82, 2.24) is 0 Å². The van der Waals surface area contributed by atoms with Crippen LogP contribution >= 0.6 is 0 Å². The Balaban J connectivity index is 0. The van der Waals surface area contributed by atoms with Gasteiger partial charge in [0, 0.05) is 0 Å². The van der Waals surface area contributed by atoms with Crippen LogP contribution in [0.1, 0.15) is 0 Å². The molecule has 0 radical (unpaired) electrons. The summed E-state index contributed by atoms with van der Waals surface area (Å²) in [5.74, 6) is -3.68. The summed E-state index contributed by atoms with van der Waals surface area (Å²) in [7, 11) is 0. The highest BCUT2D eigenvalue weighted by Crippen LogP contribution is 2.05. The smallest absolute Gasteiger partial charge is 0.335 e. The number of aliphatic carboxylic acids is 2. The molecule has 0 aromatic heterocycles. The minimum absolute atomic E-state index is 0. The van der Waals surface area contributed by atoms with Crippen molar-refractivity contribution in [1.29, 1.82) is 0 Å². The molecule has 4 unspecified atom stereocenters. The predicted molar refractivity (Wildman–Crippen MR) is 49.2 cm³/mol. The topological polar surface area (TPSA) is 156 Å². The van der Waals surface area contributed by atoms with Gasteiger partial charge in [-0.2, -0.15) is 0 Å². The van der Waals surface area contributed by atoms with E-state index in [0.29, 0.717) is 0 Å². The molecule has 9 heteroatoms. The van der Waals surface area contributed by atoms with Gasteiger partial charge in [-0.15, -0.1) is 0 Å². The lowest BCUT2D eigenvalue weighted by atomic mass is 10.0. The number of carboxylic acid groups (broad SMARTS) is 2. The average molecular weight is 224 g/mol. The molecule has 0 amide bonds. The van der Waals surface area contributed by atoms with Gasteiger partial charge in [0.05, 0.1) is 8.41 Å². The third-order valence-corrected chi connectivity index (χ3v) is 1.50. The molecule has 0 bridgehead atoms. The zero-order valence-electron chi connectivity index (χ0n) is 6.81. The minimum Gasteiger partial charge on any atom is -0.479 e. The lowest BCUT2D eigenvalue weighted by molar-refractivity contribution is -0.172. The lowest BCUT2D eigenvalue weighted by Crippen LogP contribution is -2.49. The largest absolute Gasteiger partial charge is 0.479 e. The van der Waals surface area contributed by atoms with Gasteiger partial charge >= 0.3 is 11.9 Å². The van der Waals surface area contributed by atoms with Crippen LogP contribution in [0.15, 0.2) is 0 Å². The van der Waals surface area contributed by atoms with Crippen molar-refractivity contribution in [3.8, 4) is 0 Å². The normalized spacial score (nSPS) is 18.1. The monoisotopic (exact) mass is 224 g/mol. The van der Waals surface area contributed by atoms with E-state index in [1.807, 2.05) is 0 Å². The summed E-state index contributed by atoms with van der Waals surface area (Å²) in [4.78, 5) is 20.2. The van der Waals surface area contributed by atoms with Crippen LogP contribution in [-0.4, -0.2) is 75.4 Å². The number of hydrogen-bond acceptors (Lipinski definition) is 6. The van der Waals surface area contributed by atoms with Crippen molar-refractivity contribution in [2.75, 3.05) is 0 Å². The SMILES string of the molecule is B.O=C(O)C(O)C(O)C(O)C(O)C(=O)O. The molecule has 0 fully saturated rings. The van der Waals surface area contributed by atoms with Crippen molar-refractivity contribution in [3.63, 3.8) is 0 Å². The molecular formula is C6H13BO8. The Morgan fingerprint density at radius 2 is 0.933 bits per heavy atom. The van der Waals surface area contributed by atoms with Crippen LogP contribution in [0.3, 0.4) is 0 Å². The fourth-order valence-corrected chi connectivity index (χ4v) is 0.666. The van der Waals surface area contributed by atoms with Crippen LogP contribution < -0.4 is 0 Å². The first-order chi connectivity index (χ1) is 6.29. The van der Waals surface area contributed by atoms with Gasteiger partial charge in [0.2, 0.25) is 0 Å². The highest BCUT2D eigenvalue weighted by Gasteiger charge is 2.37. The molecular weight excluding hydrogens is 211 g/mol. The van der Waals surface area contributed by atoms with Gasteiger partial charge in [0.1, 0.15) is 12.2 Å². The minimum atomic E-state index is -2.36. The van der Waals surface area contributed by atoms with E-state index in [4.69, 9.17) is 30.6 Å². The molecule has 0 heterocycles. The number of aliphatic hydroxyl groups excluding tert-OH is 4. The first kappa shape index (κ1) is 16.3. The molecule has 0 saturated heterocycles. The first-order valence-electron chi connectivity index (χ1n) is 3.47. The fourth-order valence-electron chi connectivity index (χ4n) is 0.666. The van der Waals surface area contributed by atoms with Crippen molar-refractivity contribution < 1.29 is 40.2 Å². The molecule has 0 aliphatic rings. The van der Waals surface area contributed by atoms with Crippen LogP contribution in [0.5, 0.6) is 0 Å². The molecule has 88 valence electrons.